The van der Waals surface area contributed by atoms with Crippen LogP contribution in [0.4, 0.5) is 0 Å². The molecule has 116 valence electrons. The highest BCUT2D eigenvalue weighted by molar-refractivity contribution is 9.10. The van der Waals surface area contributed by atoms with Crippen molar-refractivity contribution in [2.75, 3.05) is 7.11 Å². The standard InChI is InChI=1S/C16H21BrO4/c1-10(18)13(15(19)21-16(2,3)4)9-11-8-12(20-5)6-7-14(11)17/h6-8,13H,9H2,1-5H3. The Morgan fingerprint density at radius 2 is 1.90 bits per heavy atom. The number of methoxy groups -OCH3 is 1. The Kier molecular flexibility index (Phi) is 5.96. The van der Waals surface area contributed by atoms with Crippen LogP contribution in [0.15, 0.2) is 22.7 Å². The van der Waals surface area contributed by atoms with Gasteiger partial charge in [0, 0.05) is 4.47 Å². The summed E-state index contributed by atoms with van der Waals surface area (Å²) in [5.41, 5.74) is 0.219. The number of esters is 1. The van der Waals surface area contributed by atoms with Crippen LogP contribution in [0.1, 0.15) is 33.3 Å². The molecule has 0 fully saturated rings. The predicted octanol–water partition coefficient (Wildman–Crippen LogP) is 3.55. The molecule has 1 unspecified atom stereocenters. The smallest absolute Gasteiger partial charge is 0.317 e. The number of ketones is 1. The maximum absolute atomic E-state index is 12.2. The predicted molar refractivity (Wildman–Crippen MR) is 84.4 cm³/mol. The van der Waals surface area contributed by atoms with E-state index in [2.05, 4.69) is 15.9 Å². The van der Waals surface area contributed by atoms with Gasteiger partial charge in [-0.05, 0) is 57.9 Å². The number of halogens is 1. The molecule has 0 aliphatic heterocycles. The van der Waals surface area contributed by atoms with E-state index in [0.717, 1.165) is 10.0 Å². The fraction of sp³-hybridized carbons (Fsp3) is 0.500. The van der Waals surface area contributed by atoms with Crippen molar-refractivity contribution in [2.45, 2.75) is 39.7 Å². The van der Waals surface area contributed by atoms with Crippen molar-refractivity contribution in [3.63, 3.8) is 0 Å². The molecule has 1 aromatic rings. The summed E-state index contributed by atoms with van der Waals surface area (Å²) in [6, 6.07) is 5.45. The summed E-state index contributed by atoms with van der Waals surface area (Å²) in [4.78, 5) is 24.0. The average molecular weight is 357 g/mol. The van der Waals surface area contributed by atoms with E-state index in [9.17, 15) is 9.59 Å². The Bertz CT molecular complexity index is 532. The molecule has 0 saturated heterocycles. The normalized spacial score (nSPS) is 12.7. The van der Waals surface area contributed by atoms with Crippen LogP contribution in [0, 0.1) is 5.92 Å². The highest BCUT2D eigenvalue weighted by atomic mass is 79.9. The van der Waals surface area contributed by atoms with E-state index in [4.69, 9.17) is 9.47 Å². The van der Waals surface area contributed by atoms with Crippen molar-refractivity contribution in [1.82, 2.24) is 0 Å². The molecule has 1 rings (SSSR count). The van der Waals surface area contributed by atoms with Crippen molar-refractivity contribution in [3.8, 4) is 5.75 Å². The zero-order valence-corrected chi connectivity index (χ0v) is 14.6. The zero-order valence-electron chi connectivity index (χ0n) is 13.0. The third kappa shape index (κ3) is 5.50. The van der Waals surface area contributed by atoms with Gasteiger partial charge in [0.2, 0.25) is 0 Å². The van der Waals surface area contributed by atoms with Crippen LogP contribution in [0.5, 0.6) is 5.75 Å². The Morgan fingerprint density at radius 1 is 1.29 bits per heavy atom. The number of hydrogen-bond acceptors (Lipinski definition) is 4. The molecule has 0 radical (unpaired) electrons. The van der Waals surface area contributed by atoms with E-state index < -0.39 is 17.5 Å². The van der Waals surface area contributed by atoms with Gasteiger partial charge in [0.05, 0.1) is 7.11 Å². The molecule has 4 nitrogen and oxygen atoms in total. The number of carbonyl (C=O) groups excluding carboxylic acids is 2. The second-order valence-corrected chi connectivity index (χ2v) is 6.71. The molecule has 0 aliphatic carbocycles. The van der Waals surface area contributed by atoms with Gasteiger partial charge in [-0.3, -0.25) is 9.59 Å². The van der Waals surface area contributed by atoms with E-state index in [1.807, 2.05) is 18.2 Å². The minimum Gasteiger partial charge on any atom is -0.497 e. The topological polar surface area (TPSA) is 52.6 Å². The third-order valence-corrected chi connectivity index (χ3v) is 3.63. The highest BCUT2D eigenvalue weighted by Crippen LogP contribution is 2.26. The second kappa shape index (κ2) is 7.07. The van der Waals surface area contributed by atoms with Gasteiger partial charge in [0.1, 0.15) is 23.1 Å². The summed E-state index contributed by atoms with van der Waals surface area (Å²) in [5, 5.41) is 0. The lowest BCUT2D eigenvalue weighted by Crippen LogP contribution is -2.33. The number of ether oxygens (including phenoxy) is 2. The lowest BCUT2D eigenvalue weighted by Gasteiger charge is -2.23. The summed E-state index contributed by atoms with van der Waals surface area (Å²) in [6.45, 7) is 6.75. The molecule has 0 bridgehead atoms. The van der Waals surface area contributed by atoms with Gasteiger partial charge in [-0.2, -0.15) is 0 Å². The summed E-state index contributed by atoms with van der Waals surface area (Å²) >= 11 is 3.43. The Balaban J connectivity index is 2.99. The number of Topliss-reactive ketones (excluding diaryl/α,β-unsaturated/α-hetero) is 1. The van der Waals surface area contributed by atoms with Gasteiger partial charge in [-0.25, -0.2) is 0 Å². The Morgan fingerprint density at radius 3 is 2.38 bits per heavy atom. The molecular formula is C16H21BrO4. The van der Waals surface area contributed by atoms with E-state index in [0.29, 0.717) is 5.75 Å². The second-order valence-electron chi connectivity index (χ2n) is 5.86. The first-order valence-corrected chi connectivity index (χ1v) is 7.49. The summed E-state index contributed by atoms with van der Waals surface area (Å²) in [6.07, 6.45) is 0.280. The van der Waals surface area contributed by atoms with Crippen LogP contribution in [-0.4, -0.2) is 24.5 Å². The number of carbonyl (C=O) groups is 2. The first-order valence-electron chi connectivity index (χ1n) is 6.70. The Hall–Kier alpha value is -1.36. The van der Waals surface area contributed by atoms with Crippen molar-refractivity contribution in [1.29, 1.82) is 0 Å². The molecule has 0 aromatic heterocycles. The third-order valence-electron chi connectivity index (χ3n) is 2.86. The Labute approximate surface area is 133 Å². The minimum absolute atomic E-state index is 0.209. The molecule has 21 heavy (non-hydrogen) atoms. The number of hydrogen-bond donors (Lipinski definition) is 0. The van der Waals surface area contributed by atoms with Crippen LogP contribution in [0.2, 0.25) is 0 Å². The van der Waals surface area contributed by atoms with Gasteiger partial charge in [-0.15, -0.1) is 0 Å². The molecule has 0 saturated carbocycles. The fourth-order valence-corrected chi connectivity index (χ4v) is 2.23. The van der Waals surface area contributed by atoms with E-state index in [-0.39, 0.29) is 12.2 Å². The molecule has 0 N–H and O–H groups in total. The number of benzene rings is 1. The molecule has 5 heteroatoms. The summed E-state index contributed by atoms with van der Waals surface area (Å²) in [5.74, 6) is -0.837. The van der Waals surface area contributed by atoms with Gasteiger partial charge < -0.3 is 9.47 Å². The molecule has 1 atom stereocenters. The monoisotopic (exact) mass is 356 g/mol. The van der Waals surface area contributed by atoms with Crippen LogP contribution in [0.3, 0.4) is 0 Å². The first kappa shape index (κ1) is 17.7. The van der Waals surface area contributed by atoms with Crippen molar-refractivity contribution in [2.24, 2.45) is 5.92 Å². The van der Waals surface area contributed by atoms with Crippen LogP contribution < -0.4 is 4.74 Å². The van der Waals surface area contributed by atoms with Crippen molar-refractivity contribution in [3.05, 3.63) is 28.2 Å². The molecule has 0 amide bonds. The minimum atomic E-state index is -0.812. The molecule has 0 aliphatic rings. The maximum atomic E-state index is 12.2. The average Bonchev–Trinajstić information content (AvgIpc) is 2.35. The van der Waals surface area contributed by atoms with Gasteiger partial charge in [0.25, 0.3) is 0 Å². The van der Waals surface area contributed by atoms with Crippen LogP contribution in [-0.2, 0) is 20.7 Å². The molecule has 1 aromatic carbocycles. The summed E-state index contributed by atoms with van der Waals surface area (Å²) in [7, 11) is 1.57. The fourth-order valence-electron chi connectivity index (χ4n) is 1.82. The van der Waals surface area contributed by atoms with E-state index in [1.54, 1.807) is 27.9 Å². The maximum Gasteiger partial charge on any atom is 0.317 e. The molecule has 0 spiro atoms. The quantitative estimate of drug-likeness (QED) is 0.597. The number of rotatable bonds is 5. The van der Waals surface area contributed by atoms with Gasteiger partial charge >= 0.3 is 5.97 Å². The highest BCUT2D eigenvalue weighted by Gasteiger charge is 2.29. The van der Waals surface area contributed by atoms with E-state index in [1.165, 1.54) is 6.92 Å². The SMILES string of the molecule is COc1ccc(Br)c(CC(C(C)=O)C(=O)OC(C)(C)C)c1. The van der Waals surface area contributed by atoms with Crippen LogP contribution >= 0.6 is 15.9 Å². The van der Waals surface area contributed by atoms with Crippen LogP contribution in [0.25, 0.3) is 0 Å². The molecule has 0 heterocycles. The van der Waals surface area contributed by atoms with Gasteiger partial charge in [0.15, 0.2) is 0 Å². The largest absolute Gasteiger partial charge is 0.497 e. The van der Waals surface area contributed by atoms with Crippen molar-refractivity contribution >= 4 is 27.7 Å². The summed E-state index contributed by atoms with van der Waals surface area (Å²) < 4.78 is 11.3. The zero-order chi connectivity index (χ0) is 16.2. The van der Waals surface area contributed by atoms with Crippen molar-refractivity contribution < 1.29 is 19.1 Å². The van der Waals surface area contributed by atoms with Gasteiger partial charge in [-0.1, -0.05) is 15.9 Å². The lowest BCUT2D eigenvalue weighted by molar-refractivity contribution is -0.161. The first-order chi connectivity index (χ1) is 9.64. The van der Waals surface area contributed by atoms with E-state index >= 15 is 0 Å². The molecular weight excluding hydrogens is 336 g/mol. The lowest BCUT2D eigenvalue weighted by atomic mass is 9.95.